The maximum Gasteiger partial charge on any atom is 0.282 e. The number of rotatable bonds is 5. The van der Waals surface area contributed by atoms with Crippen LogP contribution < -0.4 is 0 Å². The van der Waals surface area contributed by atoms with Gasteiger partial charge in [-0.1, -0.05) is 42.5 Å². The Morgan fingerprint density at radius 2 is 1.75 bits per heavy atom. The van der Waals surface area contributed by atoms with Crippen molar-refractivity contribution in [1.29, 1.82) is 0 Å². The van der Waals surface area contributed by atoms with E-state index in [4.69, 9.17) is 0 Å². The van der Waals surface area contributed by atoms with Crippen LogP contribution in [0.1, 0.15) is 12.5 Å². The minimum Gasteiger partial charge on any atom is -0.385 e. The summed E-state index contributed by atoms with van der Waals surface area (Å²) < 4.78 is 0. The highest BCUT2D eigenvalue weighted by molar-refractivity contribution is 7.99. The van der Waals surface area contributed by atoms with E-state index in [1.54, 1.807) is 25.1 Å². The van der Waals surface area contributed by atoms with Crippen LogP contribution in [-0.2, 0) is 5.60 Å². The molecule has 104 valence electrons. The quantitative estimate of drug-likeness (QED) is 0.519. The Kier molecular flexibility index (Phi) is 4.42. The summed E-state index contributed by atoms with van der Waals surface area (Å²) in [5, 5.41) is 21.4. The van der Waals surface area contributed by atoms with Crippen molar-refractivity contribution in [1.82, 2.24) is 0 Å². The third-order valence-corrected chi connectivity index (χ3v) is 4.33. The summed E-state index contributed by atoms with van der Waals surface area (Å²) in [7, 11) is 0. The van der Waals surface area contributed by atoms with Crippen molar-refractivity contribution >= 4 is 17.4 Å². The fraction of sp³-hybridized carbons (Fsp3) is 0.200. The van der Waals surface area contributed by atoms with Gasteiger partial charge in [0.05, 0.1) is 15.4 Å². The zero-order valence-corrected chi connectivity index (χ0v) is 11.8. The molecule has 0 radical (unpaired) electrons. The van der Waals surface area contributed by atoms with E-state index >= 15 is 0 Å². The average Bonchev–Trinajstić information content (AvgIpc) is 2.46. The molecule has 1 N–H and O–H groups in total. The van der Waals surface area contributed by atoms with Gasteiger partial charge >= 0.3 is 0 Å². The van der Waals surface area contributed by atoms with Crippen LogP contribution in [0.4, 0.5) is 5.69 Å². The number of para-hydroxylation sites is 1. The number of hydrogen-bond donors (Lipinski definition) is 1. The van der Waals surface area contributed by atoms with Crippen molar-refractivity contribution in [3.05, 3.63) is 70.3 Å². The summed E-state index contributed by atoms with van der Waals surface area (Å²) in [5.74, 6) is 0.349. The Hall–Kier alpha value is -1.85. The largest absolute Gasteiger partial charge is 0.385 e. The molecule has 0 aliphatic carbocycles. The fourth-order valence-electron chi connectivity index (χ4n) is 1.83. The van der Waals surface area contributed by atoms with Crippen LogP contribution in [0.3, 0.4) is 0 Å². The molecular weight excluding hydrogens is 274 g/mol. The third kappa shape index (κ3) is 3.37. The Morgan fingerprint density at radius 1 is 1.15 bits per heavy atom. The van der Waals surface area contributed by atoms with E-state index in [0.29, 0.717) is 10.6 Å². The van der Waals surface area contributed by atoms with Crippen molar-refractivity contribution in [3.63, 3.8) is 0 Å². The SMILES string of the molecule is CC(O)(CSc1ccccc1[N+](=O)[O-])c1ccccc1. The van der Waals surface area contributed by atoms with Crippen molar-refractivity contribution in [2.24, 2.45) is 0 Å². The maximum absolute atomic E-state index is 10.9. The molecule has 20 heavy (non-hydrogen) atoms. The molecule has 0 aliphatic heterocycles. The van der Waals surface area contributed by atoms with E-state index in [0.717, 1.165) is 5.56 Å². The van der Waals surface area contributed by atoms with Crippen LogP contribution in [-0.4, -0.2) is 15.8 Å². The smallest absolute Gasteiger partial charge is 0.282 e. The predicted molar refractivity (Wildman–Crippen MR) is 79.8 cm³/mol. The highest BCUT2D eigenvalue weighted by Crippen LogP contribution is 2.34. The van der Waals surface area contributed by atoms with E-state index in [-0.39, 0.29) is 5.69 Å². The van der Waals surface area contributed by atoms with Gasteiger partial charge < -0.3 is 5.11 Å². The second-order valence-electron chi connectivity index (χ2n) is 4.65. The first-order valence-corrected chi connectivity index (χ1v) is 7.13. The zero-order valence-electron chi connectivity index (χ0n) is 11.0. The highest BCUT2D eigenvalue weighted by Gasteiger charge is 2.24. The van der Waals surface area contributed by atoms with Crippen molar-refractivity contribution in [3.8, 4) is 0 Å². The zero-order chi connectivity index (χ0) is 14.6. The molecular formula is C15H15NO3S. The second-order valence-corrected chi connectivity index (χ2v) is 5.67. The van der Waals surface area contributed by atoms with Gasteiger partial charge in [-0.3, -0.25) is 10.1 Å². The lowest BCUT2D eigenvalue weighted by Gasteiger charge is -2.23. The summed E-state index contributed by atoms with van der Waals surface area (Å²) >= 11 is 1.29. The molecule has 0 heterocycles. The first-order valence-electron chi connectivity index (χ1n) is 6.15. The standard InChI is InChI=1S/C15H15NO3S/c1-15(17,12-7-3-2-4-8-12)11-20-14-10-6-5-9-13(14)16(18)19/h2-10,17H,11H2,1H3. The number of nitro groups is 1. The highest BCUT2D eigenvalue weighted by atomic mass is 32.2. The summed E-state index contributed by atoms with van der Waals surface area (Å²) in [6.07, 6.45) is 0. The Labute approximate surface area is 121 Å². The van der Waals surface area contributed by atoms with Crippen LogP contribution >= 0.6 is 11.8 Å². The number of aliphatic hydroxyl groups is 1. The molecule has 2 aromatic rings. The van der Waals surface area contributed by atoms with E-state index in [1.807, 2.05) is 30.3 Å². The lowest BCUT2D eigenvalue weighted by Crippen LogP contribution is -2.24. The topological polar surface area (TPSA) is 63.4 Å². The van der Waals surface area contributed by atoms with Gasteiger partial charge in [0.25, 0.3) is 5.69 Å². The van der Waals surface area contributed by atoms with Gasteiger partial charge in [0.1, 0.15) is 0 Å². The molecule has 0 fully saturated rings. The van der Waals surface area contributed by atoms with Crippen LogP contribution in [0.5, 0.6) is 0 Å². The van der Waals surface area contributed by atoms with Gasteiger partial charge in [-0.15, -0.1) is 11.8 Å². The Balaban J connectivity index is 2.15. The summed E-state index contributed by atoms with van der Waals surface area (Å²) in [4.78, 5) is 11.1. The molecule has 2 rings (SSSR count). The molecule has 0 aliphatic rings. The number of benzene rings is 2. The number of nitro benzene ring substituents is 1. The van der Waals surface area contributed by atoms with Gasteiger partial charge in [-0.05, 0) is 18.6 Å². The molecule has 0 aromatic heterocycles. The van der Waals surface area contributed by atoms with Crippen LogP contribution in [0, 0.1) is 10.1 Å². The van der Waals surface area contributed by atoms with Gasteiger partial charge in [0.2, 0.25) is 0 Å². The Bertz CT molecular complexity index is 599. The van der Waals surface area contributed by atoms with Gasteiger partial charge in [-0.2, -0.15) is 0 Å². The van der Waals surface area contributed by atoms with Crippen molar-refractivity contribution in [2.75, 3.05) is 5.75 Å². The van der Waals surface area contributed by atoms with Crippen molar-refractivity contribution in [2.45, 2.75) is 17.4 Å². The summed E-state index contributed by atoms with van der Waals surface area (Å²) in [6.45, 7) is 1.71. The molecule has 0 bridgehead atoms. The molecule has 4 nitrogen and oxygen atoms in total. The van der Waals surface area contributed by atoms with Crippen LogP contribution in [0.2, 0.25) is 0 Å². The van der Waals surface area contributed by atoms with E-state index in [9.17, 15) is 15.2 Å². The normalized spacial score (nSPS) is 13.7. The molecule has 1 atom stereocenters. The monoisotopic (exact) mass is 289 g/mol. The molecule has 2 aromatic carbocycles. The van der Waals surface area contributed by atoms with Crippen molar-refractivity contribution < 1.29 is 10.0 Å². The third-order valence-electron chi connectivity index (χ3n) is 2.97. The van der Waals surface area contributed by atoms with E-state index < -0.39 is 10.5 Å². The molecule has 0 saturated carbocycles. The van der Waals surface area contributed by atoms with Crippen LogP contribution in [0.15, 0.2) is 59.5 Å². The molecule has 0 saturated heterocycles. The fourth-order valence-corrected chi connectivity index (χ4v) is 2.90. The lowest BCUT2D eigenvalue weighted by atomic mass is 9.99. The van der Waals surface area contributed by atoms with E-state index in [1.165, 1.54) is 17.8 Å². The minimum absolute atomic E-state index is 0.0707. The average molecular weight is 289 g/mol. The summed E-state index contributed by atoms with van der Waals surface area (Å²) in [6, 6.07) is 15.9. The number of hydrogen-bond acceptors (Lipinski definition) is 4. The second kappa shape index (κ2) is 6.07. The van der Waals surface area contributed by atoms with Crippen LogP contribution in [0.25, 0.3) is 0 Å². The molecule has 5 heteroatoms. The first kappa shape index (κ1) is 14.6. The molecule has 0 spiro atoms. The first-order chi connectivity index (χ1) is 9.50. The van der Waals surface area contributed by atoms with Gasteiger partial charge in [0, 0.05) is 11.8 Å². The van der Waals surface area contributed by atoms with E-state index in [2.05, 4.69) is 0 Å². The number of nitrogens with zero attached hydrogens (tertiary/aromatic N) is 1. The van der Waals surface area contributed by atoms with Gasteiger partial charge in [0.15, 0.2) is 0 Å². The molecule has 0 amide bonds. The number of thioether (sulfide) groups is 1. The maximum atomic E-state index is 10.9. The Morgan fingerprint density at radius 3 is 2.40 bits per heavy atom. The predicted octanol–water partition coefficient (Wildman–Crippen LogP) is 3.59. The molecule has 1 unspecified atom stereocenters. The lowest BCUT2D eigenvalue weighted by molar-refractivity contribution is -0.387. The van der Waals surface area contributed by atoms with Gasteiger partial charge in [-0.25, -0.2) is 0 Å². The minimum atomic E-state index is -1.03. The summed E-state index contributed by atoms with van der Waals surface area (Å²) in [5.41, 5.74) is -0.164.